The SMILES string of the molecule is Cc1cc(F)ccc1CN[C@@H](CO)Cc1ccccc1. The molecule has 1 atom stereocenters. The van der Waals surface area contributed by atoms with Gasteiger partial charge in [0, 0.05) is 12.6 Å². The van der Waals surface area contributed by atoms with Crippen LogP contribution in [0.2, 0.25) is 0 Å². The fourth-order valence-corrected chi connectivity index (χ4v) is 2.21. The van der Waals surface area contributed by atoms with Crippen molar-refractivity contribution in [1.82, 2.24) is 5.32 Å². The molecule has 0 spiro atoms. The highest BCUT2D eigenvalue weighted by Crippen LogP contribution is 2.10. The first-order valence-corrected chi connectivity index (χ1v) is 6.82. The van der Waals surface area contributed by atoms with Gasteiger partial charge in [-0.3, -0.25) is 0 Å². The summed E-state index contributed by atoms with van der Waals surface area (Å²) in [6, 6.07) is 14.9. The summed E-state index contributed by atoms with van der Waals surface area (Å²) in [6.45, 7) is 2.60. The maximum Gasteiger partial charge on any atom is 0.123 e. The normalized spacial score (nSPS) is 12.3. The van der Waals surface area contributed by atoms with Gasteiger partial charge in [-0.1, -0.05) is 36.4 Å². The van der Waals surface area contributed by atoms with E-state index in [4.69, 9.17) is 0 Å². The molecule has 3 heteroatoms. The van der Waals surface area contributed by atoms with Gasteiger partial charge in [0.1, 0.15) is 5.82 Å². The Morgan fingerprint density at radius 1 is 1.15 bits per heavy atom. The van der Waals surface area contributed by atoms with Crippen molar-refractivity contribution in [3.8, 4) is 0 Å². The van der Waals surface area contributed by atoms with Crippen LogP contribution < -0.4 is 5.32 Å². The van der Waals surface area contributed by atoms with E-state index in [1.807, 2.05) is 37.3 Å². The predicted molar refractivity (Wildman–Crippen MR) is 79.0 cm³/mol. The minimum absolute atomic E-state index is 0.00172. The molecule has 0 aliphatic heterocycles. The quantitative estimate of drug-likeness (QED) is 0.848. The van der Waals surface area contributed by atoms with Crippen molar-refractivity contribution in [3.05, 3.63) is 71.0 Å². The van der Waals surface area contributed by atoms with Crippen LogP contribution in [0.4, 0.5) is 4.39 Å². The topological polar surface area (TPSA) is 32.3 Å². The van der Waals surface area contributed by atoms with Crippen LogP contribution in [0.15, 0.2) is 48.5 Å². The molecule has 0 saturated heterocycles. The summed E-state index contributed by atoms with van der Waals surface area (Å²) in [7, 11) is 0. The zero-order valence-corrected chi connectivity index (χ0v) is 11.6. The van der Waals surface area contributed by atoms with E-state index in [9.17, 15) is 9.50 Å². The lowest BCUT2D eigenvalue weighted by molar-refractivity contribution is 0.240. The van der Waals surface area contributed by atoms with Crippen LogP contribution in [0.3, 0.4) is 0 Å². The second-order valence-electron chi connectivity index (χ2n) is 5.02. The van der Waals surface area contributed by atoms with Gasteiger partial charge in [-0.25, -0.2) is 4.39 Å². The molecule has 0 heterocycles. The van der Waals surface area contributed by atoms with Gasteiger partial charge in [-0.05, 0) is 42.2 Å². The van der Waals surface area contributed by atoms with Crippen molar-refractivity contribution >= 4 is 0 Å². The number of rotatable bonds is 6. The van der Waals surface area contributed by atoms with Crippen molar-refractivity contribution in [2.24, 2.45) is 0 Å². The molecule has 0 fully saturated rings. The van der Waals surface area contributed by atoms with Crippen molar-refractivity contribution in [1.29, 1.82) is 0 Å². The van der Waals surface area contributed by atoms with Gasteiger partial charge in [-0.2, -0.15) is 0 Å². The molecular weight excluding hydrogens is 253 g/mol. The molecule has 0 aliphatic carbocycles. The molecule has 0 unspecified atom stereocenters. The maximum atomic E-state index is 13.0. The van der Waals surface area contributed by atoms with Gasteiger partial charge in [-0.15, -0.1) is 0 Å². The number of halogens is 1. The summed E-state index contributed by atoms with van der Waals surface area (Å²) in [5.74, 6) is -0.214. The largest absolute Gasteiger partial charge is 0.395 e. The molecule has 2 rings (SSSR count). The highest BCUT2D eigenvalue weighted by Gasteiger charge is 2.09. The average molecular weight is 273 g/mol. The van der Waals surface area contributed by atoms with Crippen LogP contribution in [0.1, 0.15) is 16.7 Å². The zero-order chi connectivity index (χ0) is 14.4. The molecule has 0 aromatic heterocycles. The Hall–Kier alpha value is -1.71. The molecule has 2 N–H and O–H groups in total. The first-order valence-electron chi connectivity index (χ1n) is 6.82. The summed E-state index contributed by atoms with van der Waals surface area (Å²) in [5, 5.41) is 12.8. The number of hydrogen-bond donors (Lipinski definition) is 2. The highest BCUT2D eigenvalue weighted by atomic mass is 19.1. The summed E-state index contributed by atoms with van der Waals surface area (Å²) in [5.41, 5.74) is 3.17. The minimum atomic E-state index is -0.214. The lowest BCUT2D eigenvalue weighted by Crippen LogP contribution is -2.34. The van der Waals surface area contributed by atoms with Gasteiger partial charge < -0.3 is 10.4 Å². The minimum Gasteiger partial charge on any atom is -0.395 e. The summed E-state index contributed by atoms with van der Waals surface area (Å²) >= 11 is 0. The third-order valence-electron chi connectivity index (χ3n) is 3.43. The number of aryl methyl sites for hydroxylation is 1. The summed E-state index contributed by atoms with van der Waals surface area (Å²) < 4.78 is 13.0. The van der Waals surface area contributed by atoms with Crippen molar-refractivity contribution in [2.45, 2.75) is 25.9 Å². The second kappa shape index (κ2) is 7.17. The molecule has 0 radical (unpaired) electrons. The molecule has 0 bridgehead atoms. The van der Waals surface area contributed by atoms with Crippen molar-refractivity contribution in [3.63, 3.8) is 0 Å². The molecule has 0 amide bonds. The molecule has 20 heavy (non-hydrogen) atoms. The standard InChI is InChI=1S/C17H20FNO/c1-13-9-16(18)8-7-15(13)11-19-17(12-20)10-14-5-3-2-4-6-14/h2-9,17,19-20H,10-12H2,1H3/t17-/m1/s1. The van der Waals surface area contributed by atoms with Gasteiger partial charge in [0.25, 0.3) is 0 Å². The Bertz CT molecular complexity index is 542. The third kappa shape index (κ3) is 4.15. The number of aliphatic hydroxyl groups is 1. The van der Waals surface area contributed by atoms with Crippen LogP contribution >= 0.6 is 0 Å². The molecule has 2 nitrogen and oxygen atoms in total. The van der Waals surface area contributed by atoms with E-state index in [-0.39, 0.29) is 18.5 Å². The van der Waals surface area contributed by atoms with Gasteiger partial charge in [0.2, 0.25) is 0 Å². The van der Waals surface area contributed by atoms with Crippen LogP contribution in [0, 0.1) is 12.7 Å². The lowest BCUT2D eigenvalue weighted by Gasteiger charge is -2.17. The summed E-state index contributed by atoms with van der Waals surface area (Å²) in [4.78, 5) is 0. The molecule has 2 aromatic rings. The number of benzene rings is 2. The number of hydrogen-bond acceptors (Lipinski definition) is 2. The fraction of sp³-hybridized carbons (Fsp3) is 0.294. The third-order valence-corrected chi connectivity index (χ3v) is 3.43. The first kappa shape index (κ1) is 14.7. The smallest absolute Gasteiger partial charge is 0.123 e. The molecule has 106 valence electrons. The summed E-state index contributed by atoms with van der Waals surface area (Å²) in [6.07, 6.45) is 0.775. The molecule has 0 aliphatic rings. The Morgan fingerprint density at radius 3 is 2.55 bits per heavy atom. The average Bonchev–Trinajstić information content (AvgIpc) is 2.46. The van der Waals surface area contributed by atoms with E-state index in [1.54, 1.807) is 6.07 Å². The Morgan fingerprint density at radius 2 is 1.90 bits per heavy atom. The van der Waals surface area contributed by atoms with E-state index >= 15 is 0 Å². The Labute approximate surface area is 119 Å². The predicted octanol–water partition coefficient (Wildman–Crippen LogP) is 2.83. The maximum absolute atomic E-state index is 13.0. The lowest BCUT2D eigenvalue weighted by atomic mass is 10.0. The van der Waals surface area contributed by atoms with Crippen LogP contribution in [0.5, 0.6) is 0 Å². The van der Waals surface area contributed by atoms with E-state index in [0.29, 0.717) is 6.54 Å². The van der Waals surface area contributed by atoms with E-state index < -0.39 is 0 Å². The highest BCUT2D eigenvalue weighted by molar-refractivity contribution is 5.26. The van der Waals surface area contributed by atoms with E-state index in [1.165, 1.54) is 17.7 Å². The second-order valence-corrected chi connectivity index (χ2v) is 5.02. The Balaban J connectivity index is 1.93. The van der Waals surface area contributed by atoms with Crippen molar-refractivity contribution in [2.75, 3.05) is 6.61 Å². The van der Waals surface area contributed by atoms with Gasteiger partial charge >= 0.3 is 0 Å². The monoisotopic (exact) mass is 273 g/mol. The fourth-order valence-electron chi connectivity index (χ4n) is 2.21. The van der Waals surface area contributed by atoms with Crippen molar-refractivity contribution < 1.29 is 9.50 Å². The first-order chi connectivity index (χ1) is 9.69. The van der Waals surface area contributed by atoms with Crippen LogP contribution in [0.25, 0.3) is 0 Å². The van der Waals surface area contributed by atoms with E-state index in [2.05, 4.69) is 5.32 Å². The molecule has 2 aromatic carbocycles. The zero-order valence-electron chi connectivity index (χ0n) is 11.6. The van der Waals surface area contributed by atoms with Crippen LogP contribution in [-0.2, 0) is 13.0 Å². The molecule has 0 saturated carbocycles. The van der Waals surface area contributed by atoms with E-state index in [0.717, 1.165) is 17.5 Å². The number of nitrogens with one attached hydrogen (secondary N) is 1. The number of aliphatic hydroxyl groups excluding tert-OH is 1. The van der Waals surface area contributed by atoms with Crippen LogP contribution in [-0.4, -0.2) is 17.8 Å². The van der Waals surface area contributed by atoms with Gasteiger partial charge in [0.05, 0.1) is 6.61 Å². The Kier molecular flexibility index (Phi) is 5.27. The molecular formula is C17H20FNO. The van der Waals surface area contributed by atoms with Gasteiger partial charge in [0.15, 0.2) is 0 Å².